The van der Waals surface area contributed by atoms with Gasteiger partial charge in [-0.3, -0.25) is 0 Å². The molecule has 4 rings (SSSR count). The standard InChI is InChI=1S/C17H18ClN7O2/c1-2-20-17(26)24-7-11(8-24)25-15-13(14(19)21-9-22-15)16(23-25)27-12-5-3-4-10(18)6-12/h3-6,9,11H,2,7-8H2,1H3,(H,20,26)(H2,19,21,22). The Hall–Kier alpha value is -3.07. The van der Waals surface area contributed by atoms with E-state index in [-0.39, 0.29) is 17.9 Å². The molecule has 10 heteroatoms. The topological polar surface area (TPSA) is 111 Å². The number of rotatable bonds is 4. The summed E-state index contributed by atoms with van der Waals surface area (Å²) in [4.78, 5) is 22.0. The molecular formula is C17H18ClN7O2. The number of amides is 2. The van der Waals surface area contributed by atoms with Crippen molar-refractivity contribution in [2.24, 2.45) is 0 Å². The fraction of sp³-hybridized carbons (Fsp3) is 0.294. The average Bonchev–Trinajstić information content (AvgIpc) is 2.93. The van der Waals surface area contributed by atoms with E-state index in [1.807, 2.05) is 6.92 Å². The fourth-order valence-electron chi connectivity index (χ4n) is 2.97. The largest absolute Gasteiger partial charge is 0.437 e. The van der Waals surface area contributed by atoms with Crippen molar-refractivity contribution in [1.82, 2.24) is 30.0 Å². The molecule has 0 unspecified atom stereocenters. The van der Waals surface area contributed by atoms with Crippen LogP contribution in [0.4, 0.5) is 10.6 Å². The van der Waals surface area contributed by atoms with E-state index in [0.717, 1.165) is 0 Å². The normalized spacial score (nSPS) is 14.2. The van der Waals surface area contributed by atoms with E-state index >= 15 is 0 Å². The number of fused-ring (bicyclic) bond motifs is 1. The number of nitrogens with zero attached hydrogens (tertiary/aromatic N) is 5. The third-order valence-corrected chi connectivity index (χ3v) is 4.56. The minimum atomic E-state index is -0.0882. The molecule has 2 amide bonds. The van der Waals surface area contributed by atoms with Crippen molar-refractivity contribution >= 4 is 34.5 Å². The molecule has 1 fully saturated rings. The van der Waals surface area contributed by atoms with Gasteiger partial charge in [-0.2, -0.15) is 0 Å². The molecule has 0 aliphatic carbocycles. The lowest BCUT2D eigenvalue weighted by molar-refractivity contribution is 0.120. The summed E-state index contributed by atoms with van der Waals surface area (Å²) in [5, 5.41) is 8.42. The van der Waals surface area contributed by atoms with Gasteiger partial charge in [0.25, 0.3) is 5.88 Å². The van der Waals surface area contributed by atoms with Crippen LogP contribution in [0.2, 0.25) is 5.02 Å². The summed E-state index contributed by atoms with van der Waals surface area (Å²) in [6.45, 7) is 3.54. The van der Waals surface area contributed by atoms with E-state index in [0.29, 0.717) is 47.3 Å². The van der Waals surface area contributed by atoms with E-state index in [9.17, 15) is 4.79 Å². The molecule has 0 saturated carbocycles. The van der Waals surface area contributed by atoms with E-state index in [4.69, 9.17) is 22.1 Å². The second-order valence-corrected chi connectivity index (χ2v) is 6.60. The SMILES string of the molecule is CCNC(=O)N1CC(n2nc(Oc3cccc(Cl)c3)c3c(N)ncnc32)C1. The molecule has 0 atom stereocenters. The van der Waals surface area contributed by atoms with Crippen LogP contribution >= 0.6 is 11.6 Å². The molecule has 9 nitrogen and oxygen atoms in total. The molecule has 1 aliphatic heterocycles. The number of likely N-dealkylation sites (tertiary alicyclic amines) is 1. The van der Waals surface area contributed by atoms with Gasteiger partial charge in [-0.25, -0.2) is 19.4 Å². The average molecular weight is 388 g/mol. The summed E-state index contributed by atoms with van der Waals surface area (Å²) >= 11 is 6.02. The van der Waals surface area contributed by atoms with Crippen molar-refractivity contribution in [2.45, 2.75) is 13.0 Å². The summed E-state index contributed by atoms with van der Waals surface area (Å²) < 4.78 is 7.64. The maximum absolute atomic E-state index is 11.9. The van der Waals surface area contributed by atoms with E-state index in [1.54, 1.807) is 33.8 Å². The highest BCUT2D eigenvalue weighted by molar-refractivity contribution is 6.30. The number of nitrogens with one attached hydrogen (secondary N) is 1. The Morgan fingerprint density at radius 2 is 2.22 bits per heavy atom. The number of urea groups is 1. The number of hydrogen-bond donors (Lipinski definition) is 2. The van der Waals surface area contributed by atoms with E-state index in [1.165, 1.54) is 6.33 Å². The van der Waals surface area contributed by atoms with Crippen LogP contribution in [0.5, 0.6) is 11.6 Å². The number of benzene rings is 1. The van der Waals surface area contributed by atoms with Crippen LogP contribution < -0.4 is 15.8 Å². The number of nitrogen functional groups attached to an aromatic ring is 1. The summed E-state index contributed by atoms with van der Waals surface area (Å²) in [5.74, 6) is 1.12. The first-order valence-corrected chi connectivity index (χ1v) is 8.89. The highest BCUT2D eigenvalue weighted by Gasteiger charge is 2.34. The third-order valence-electron chi connectivity index (χ3n) is 4.32. The number of ether oxygens (including phenoxy) is 1. The van der Waals surface area contributed by atoms with Gasteiger partial charge in [-0.05, 0) is 25.1 Å². The highest BCUT2D eigenvalue weighted by atomic mass is 35.5. The number of hydrogen-bond acceptors (Lipinski definition) is 6. The maximum Gasteiger partial charge on any atom is 0.317 e. The summed E-state index contributed by atoms with van der Waals surface area (Å²) in [5.41, 5.74) is 6.61. The zero-order valence-electron chi connectivity index (χ0n) is 14.6. The van der Waals surface area contributed by atoms with Crippen LogP contribution in [-0.2, 0) is 0 Å². The molecule has 140 valence electrons. The van der Waals surface area contributed by atoms with Gasteiger partial charge >= 0.3 is 6.03 Å². The molecule has 3 heterocycles. The molecule has 0 bridgehead atoms. The lowest BCUT2D eigenvalue weighted by atomic mass is 10.1. The van der Waals surface area contributed by atoms with Gasteiger partial charge in [-0.1, -0.05) is 17.7 Å². The Morgan fingerprint density at radius 1 is 1.41 bits per heavy atom. The molecule has 2 aromatic heterocycles. The Kier molecular flexibility index (Phi) is 4.44. The van der Waals surface area contributed by atoms with Crippen molar-refractivity contribution in [3.8, 4) is 11.6 Å². The fourth-order valence-corrected chi connectivity index (χ4v) is 3.15. The number of carbonyl (C=O) groups is 1. The highest BCUT2D eigenvalue weighted by Crippen LogP contribution is 2.35. The molecule has 1 aromatic carbocycles. The van der Waals surface area contributed by atoms with E-state index in [2.05, 4.69) is 20.4 Å². The van der Waals surface area contributed by atoms with Gasteiger partial charge in [-0.15, -0.1) is 5.10 Å². The van der Waals surface area contributed by atoms with Crippen molar-refractivity contribution in [3.63, 3.8) is 0 Å². The van der Waals surface area contributed by atoms with Crippen molar-refractivity contribution < 1.29 is 9.53 Å². The van der Waals surface area contributed by atoms with Gasteiger partial charge in [0.15, 0.2) is 5.65 Å². The van der Waals surface area contributed by atoms with Crippen molar-refractivity contribution in [1.29, 1.82) is 0 Å². The van der Waals surface area contributed by atoms with Crippen LogP contribution in [0.1, 0.15) is 13.0 Å². The monoisotopic (exact) mass is 387 g/mol. The Balaban J connectivity index is 1.65. The molecular weight excluding hydrogens is 370 g/mol. The number of carbonyl (C=O) groups excluding carboxylic acids is 1. The first-order valence-electron chi connectivity index (χ1n) is 8.51. The third kappa shape index (κ3) is 3.21. The number of anilines is 1. The Bertz CT molecular complexity index is 1000. The van der Waals surface area contributed by atoms with Crippen molar-refractivity contribution in [3.05, 3.63) is 35.6 Å². The smallest absolute Gasteiger partial charge is 0.317 e. The molecule has 3 N–H and O–H groups in total. The lowest BCUT2D eigenvalue weighted by Crippen LogP contribution is -2.54. The number of aromatic nitrogens is 4. The van der Waals surface area contributed by atoms with Crippen LogP contribution in [0.25, 0.3) is 11.0 Å². The van der Waals surface area contributed by atoms with Crippen LogP contribution in [0, 0.1) is 0 Å². The second kappa shape index (κ2) is 6.92. The maximum atomic E-state index is 11.9. The van der Waals surface area contributed by atoms with Crippen LogP contribution in [0.3, 0.4) is 0 Å². The van der Waals surface area contributed by atoms with Gasteiger partial charge in [0.05, 0.1) is 6.04 Å². The summed E-state index contributed by atoms with van der Waals surface area (Å²) in [7, 11) is 0. The number of nitrogens with two attached hydrogens (primary N) is 1. The molecule has 1 aliphatic rings. The molecule has 1 saturated heterocycles. The molecule has 0 spiro atoms. The van der Waals surface area contributed by atoms with Gasteiger partial charge in [0, 0.05) is 24.7 Å². The minimum absolute atomic E-state index is 0.0129. The summed E-state index contributed by atoms with van der Waals surface area (Å²) in [6.07, 6.45) is 1.39. The molecule has 27 heavy (non-hydrogen) atoms. The predicted octanol–water partition coefficient (Wildman–Crippen LogP) is 2.44. The first kappa shape index (κ1) is 17.3. The van der Waals surface area contributed by atoms with Gasteiger partial charge in [0.2, 0.25) is 0 Å². The molecule has 3 aromatic rings. The van der Waals surface area contributed by atoms with Crippen LogP contribution in [0.15, 0.2) is 30.6 Å². The lowest BCUT2D eigenvalue weighted by Gasteiger charge is -2.38. The van der Waals surface area contributed by atoms with Crippen LogP contribution in [-0.4, -0.2) is 50.3 Å². The molecule has 0 radical (unpaired) electrons. The van der Waals surface area contributed by atoms with E-state index < -0.39 is 0 Å². The predicted molar refractivity (Wildman–Crippen MR) is 101 cm³/mol. The first-order chi connectivity index (χ1) is 13.1. The van der Waals surface area contributed by atoms with Crippen molar-refractivity contribution in [2.75, 3.05) is 25.4 Å². The Labute approximate surface area is 160 Å². The minimum Gasteiger partial charge on any atom is -0.437 e. The Morgan fingerprint density at radius 3 is 2.96 bits per heavy atom. The zero-order valence-corrected chi connectivity index (χ0v) is 15.3. The van der Waals surface area contributed by atoms with Gasteiger partial charge < -0.3 is 20.7 Å². The number of halogens is 1. The summed E-state index contributed by atoms with van der Waals surface area (Å²) in [6, 6.07) is 6.90. The zero-order chi connectivity index (χ0) is 19.0. The second-order valence-electron chi connectivity index (χ2n) is 6.16. The van der Waals surface area contributed by atoms with Gasteiger partial charge in [0.1, 0.15) is 23.3 Å². The quantitative estimate of drug-likeness (QED) is 0.711.